The number of aromatic amines is 1. The van der Waals surface area contributed by atoms with Gasteiger partial charge in [-0.3, -0.25) is 4.79 Å². The Morgan fingerprint density at radius 2 is 2.30 bits per heavy atom. The summed E-state index contributed by atoms with van der Waals surface area (Å²) in [6, 6.07) is 5.62. The number of ether oxygens (including phenoxy) is 1. The number of fused-ring (bicyclic) bond motifs is 1. The number of nitrogens with zero attached hydrogens (tertiary/aromatic N) is 1. The van der Waals surface area contributed by atoms with Crippen molar-refractivity contribution in [1.82, 2.24) is 15.3 Å². The van der Waals surface area contributed by atoms with Gasteiger partial charge in [0, 0.05) is 18.0 Å². The van der Waals surface area contributed by atoms with Gasteiger partial charge in [-0.25, -0.2) is 4.98 Å². The number of imidazole rings is 1. The topological polar surface area (TPSA) is 67.0 Å². The summed E-state index contributed by atoms with van der Waals surface area (Å²) in [5, 5.41) is 3.00. The fourth-order valence-electron chi connectivity index (χ4n) is 2.39. The maximum atomic E-state index is 12.3. The molecule has 0 saturated heterocycles. The third-order valence-electron chi connectivity index (χ3n) is 3.55. The molecule has 0 saturated carbocycles. The van der Waals surface area contributed by atoms with E-state index < -0.39 is 0 Å². The van der Waals surface area contributed by atoms with E-state index in [0.717, 1.165) is 17.8 Å². The number of rotatable bonds is 4. The second-order valence-electron chi connectivity index (χ2n) is 4.88. The van der Waals surface area contributed by atoms with Crippen LogP contribution in [0, 0.1) is 0 Å². The quantitative estimate of drug-likeness (QED) is 0.896. The van der Waals surface area contributed by atoms with E-state index in [1.54, 1.807) is 12.4 Å². The van der Waals surface area contributed by atoms with Gasteiger partial charge in [-0.2, -0.15) is 0 Å². The molecule has 1 aromatic heterocycles. The van der Waals surface area contributed by atoms with Gasteiger partial charge in [-0.1, -0.05) is 13.0 Å². The first-order valence-corrected chi connectivity index (χ1v) is 6.77. The van der Waals surface area contributed by atoms with Crippen LogP contribution in [0.15, 0.2) is 30.6 Å². The molecule has 0 spiro atoms. The molecule has 2 aromatic rings. The molecule has 3 rings (SSSR count). The fraction of sp³-hybridized carbons (Fsp3) is 0.333. The number of carbonyl (C=O) groups excluding carboxylic acids is 1. The van der Waals surface area contributed by atoms with Crippen molar-refractivity contribution in [2.75, 3.05) is 0 Å². The van der Waals surface area contributed by atoms with Gasteiger partial charge >= 0.3 is 0 Å². The summed E-state index contributed by atoms with van der Waals surface area (Å²) in [5.74, 6) is 0.702. The highest BCUT2D eigenvalue weighted by molar-refractivity contribution is 5.94. The van der Waals surface area contributed by atoms with Crippen LogP contribution in [0.3, 0.4) is 0 Å². The first-order valence-electron chi connectivity index (χ1n) is 6.77. The SMILES string of the molecule is CCC(NC(=O)c1ccc2c(c1)COC2)c1ncc[nH]1. The van der Waals surface area contributed by atoms with E-state index in [4.69, 9.17) is 4.74 Å². The van der Waals surface area contributed by atoms with Crippen LogP contribution in [0.2, 0.25) is 0 Å². The molecule has 1 unspecified atom stereocenters. The normalized spacial score (nSPS) is 14.8. The fourth-order valence-corrected chi connectivity index (χ4v) is 2.39. The summed E-state index contributed by atoms with van der Waals surface area (Å²) in [6.07, 6.45) is 4.24. The smallest absolute Gasteiger partial charge is 0.251 e. The van der Waals surface area contributed by atoms with E-state index in [-0.39, 0.29) is 11.9 Å². The van der Waals surface area contributed by atoms with Crippen molar-refractivity contribution in [2.24, 2.45) is 0 Å². The molecule has 1 aliphatic heterocycles. The minimum Gasteiger partial charge on any atom is -0.372 e. The Morgan fingerprint density at radius 1 is 1.45 bits per heavy atom. The summed E-state index contributed by atoms with van der Waals surface area (Å²) in [6.45, 7) is 3.25. The number of nitrogens with one attached hydrogen (secondary N) is 2. The first kappa shape index (κ1) is 12.9. The summed E-state index contributed by atoms with van der Waals surface area (Å²) in [5.41, 5.74) is 2.93. The Hall–Kier alpha value is -2.14. The van der Waals surface area contributed by atoms with Crippen LogP contribution in [0.4, 0.5) is 0 Å². The van der Waals surface area contributed by atoms with Gasteiger partial charge in [-0.15, -0.1) is 0 Å². The number of hydrogen-bond donors (Lipinski definition) is 2. The van der Waals surface area contributed by atoms with Crippen molar-refractivity contribution in [3.63, 3.8) is 0 Å². The summed E-state index contributed by atoms with van der Waals surface area (Å²) in [4.78, 5) is 19.6. The van der Waals surface area contributed by atoms with Crippen molar-refractivity contribution >= 4 is 5.91 Å². The predicted octanol–water partition coefficient (Wildman–Crippen LogP) is 2.32. The molecule has 0 fully saturated rings. The summed E-state index contributed by atoms with van der Waals surface area (Å²) < 4.78 is 5.36. The zero-order chi connectivity index (χ0) is 13.9. The van der Waals surface area contributed by atoms with Gasteiger partial charge in [-0.05, 0) is 29.7 Å². The van der Waals surface area contributed by atoms with E-state index in [1.807, 2.05) is 25.1 Å². The molecular weight excluding hydrogens is 254 g/mol. The van der Waals surface area contributed by atoms with Gasteiger partial charge in [0.25, 0.3) is 5.91 Å². The van der Waals surface area contributed by atoms with Gasteiger partial charge in [0.1, 0.15) is 5.82 Å². The Bertz CT molecular complexity index is 608. The highest BCUT2D eigenvalue weighted by atomic mass is 16.5. The third kappa shape index (κ3) is 2.44. The zero-order valence-corrected chi connectivity index (χ0v) is 11.3. The minimum atomic E-state index is -0.0954. The molecular formula is C15H17N3O2. The van der Waals surface area contributed by atoms with Crippen LogP contribution < -0.4 is 5.32 Å². The minimum absolute atomic E-state index is 0.0806. The molecule has 1 aromatic carbocycles. The average Bonchev–Trinajstić information content (AvgIpc) is 3.14. The Kier molecular flexibility index (Phi) is 3.52. The van der Waals surface area contributed by atoms with Gasteiger partial charge in [0.2, 0.25) is 0 Å². The number of benzene rings is 1. The van der Waals surface area contributed by atoms with Crippen LogP contribution >= 0.6 is 0 Å². The molecule has 2 N–H and O–H groups in total. The van der Waals surface area contributed by atoms with Crippen LogP contribution in [-0.2, 0) is 18.0 Å². The maximum Gasteiger partial charge on any atom is 0.251 e. The van der Waals surface area contributed by atoms with Crippen LogP contribution in [0.5, 0.6) is 0 Å². The molecule has 20 heavy (non-hydrogen) atoms. The highest BCUT2D eigenvalue weighted by Gasteiger charge is 2.18. The first-order chi connectivity index (χ1) is 9.78. The lowest BCUT2D eigenvalue weighted by Crippen LogP contribution is -2.29. The van der Waals surface area contributed by atoms with E-state index in [1.165, 1.54) is 5.56 Å². The Morgan fingerprint density at radius 3 is 3.05 bits per heavy atom. The molecule has 1 amide bonds. The number of aromatic nitrogens is 2. The monoisotopic (exact) mass is 271 g/mol. The third-order valence-corrected chi connectivity index (χ3v) is 3.55. The van der Waals surface area contributed by atoms with Crippen molar-refractivity contribution in [3.8, 4) is 0 Å². The molecule has 5 nitrogen and oxygen atoms in total. The van der Waals surface area contributed by atoms with Crippen LogP contribution in [-0.4, -0.2) is 15.9 Å². The molecule has 0 bridgehead atoms. The lowest BCUT2D eigenvalue weighted by Gasteiger charge is -2.15. The predicted molar refractivity (Wildman–Crippen MR) is 74.0 cm³/mol. The Balaban J connectivity index is 1.75. The van der Waals surface area contributed by atoms with E-state index in [2.05, 4.69) is 15.3 Å². The highest BCUT2D eigenvalue weighted by Crippen LogP contribution is 2.21. The number of H-pyrrole nitrogens is 1. The van der Waals surface area contributed by atoms with E-state index >= 15 is 0 Å². The largest absolute Gasteiger partial charge is 0.372 e. The van der Waals surface area contributed by atoms with Crippen molar-refractivity contribution in [3.05, 3.63) is 53.1 Å². The number of carbonyl (C=O) groups is 1. The zero-order valence-electron chi connectivity index (χ0n) is 11.3. The van der Waals surface area contributed by atoms with Gasteiger partial charge in [0.15, 0.2) is 0 Å². The standard InChI is InChI=1S/C15H17N3O2/c1-2-13(14-16-5-6-17-14)18-15(19)10-3-4-11-8-20-9-12(11)7-10/h3-7,13H,2,8-9H2,1H3,(H,16,17)(H,18,19). The van der Waals surface area contributed by atoms with Crippen LogP contribution in [0.1, 0.15) is 46.7 Å². The second-order valence-corrected chi connectivity index (χ2v) is 4.88. The number of amides is 1. The van der Waals surface area contributed by atoms with Crippen molar-refractivity contribution in [1.29, 1.82) is 0 Å². The van der Waals surface area contributed by atoms with Crippen molar-refractivity contribution in [2.45, 2.75) is 32.6 Å². The lowest BCUT2D eigenvalue weighted by atomic mass is 10.1. The van der Waals surface area contributed by atoms with E-state index in [9.17, 15) is 4.79 Å². The molecule has 1 atom stereocenters. The molecule has 1 aliphatic rings. The van der Waals surface area contributed by atoms with Crippen LogP contribution in [0.25, 0.3) is 0 Å². The summed E-state index contributed by atoms with van der Waals surface area (Å²) in [7, 11) is 0. The number of hydrogen-bond acceptors (Lipinski definition) is 3. The summed E-state index contributed by atoms with van der Waals surface area (Å²) >= 11 is 0. The lowest BCUT2D eigenvalue weighted by molar-refractivity contribution is 0.0933. The van der Waals surface area contributed by atoms with Gasteiger partial charge in [0.05, 0.1) is 19.3 Å². The maximum absolute atomic E-state index is 12.3. The molecule has 104 valence electrons. The molecule has 0 radical (unpaired) electrons. The molecule has 5 heteroatoms. The second kappa shape index (κ2) is 5.46. The Labute approximate surface area is 117 Å². The molecule has 0 aliphatic carbocycles. The van der Waals surface area contributed by atoms with E-state index in [0.29, 0.717) is 18.8 Å². The average molecular weight is 271 g/mol. The molecule has 2 heterocycles. The van der Waals surface area contributed by atoms with Gasteiger partial charge < -0.3 is 15.0 Å². The van der Waals surface area contributed by atoms with Crippen molar-refractivity contribution < 1.29 is 9.53 Å².